The summed E-state index contributed by atoms with van der Waals surface area (Å²) >= 11 is 0. The van der Waals surface area contributed by atoms with Gasteiger partial charge in [0.25, 0.3) is 0 Å². The number of benzene rings is 4. The van der Waals surface area contributed by atoms with Crippen molar-refractivity contribution < 1.29 is 0 Å². The van der Waals surface area contributed by atoms with E-state index in [1.54, 1.807) is 0 Å². The third-order valence-electron chi connectivity index (χ3n) is 4.05. The van der Waals surface area contributed by atoms with Crippen LogP contribution in [0, 0.1) is 0 Å². The first-order valence-electron chi connectivity index (χ1n) is 7.36. The molecule has 0 saturated heterocycles. The molecule has 0 bridgehead atoms. The minimum Gasteiger partial charge on any atom is -0.0616 e. The Morgan fingerprint density at radius 1 is 0.478 bits per heavy atom. The molecule has 23 heavy (non-hydrogen) atoms. The Kier molecular flexibility index (Phi) is 3.73. The van der Waals surface area contributed by atoms with E-state index >= 15 is 0 Å². The zero-order valence-corrected chi connectivity index (χ0v) is 14.6. The smallest absolute Gasteiger partial charge is 0.0291 e. The molecule has 4 aromatic carbocycles. The lowest BCUT2D eigenvalue weighted by Gasteiger charge is -2.28. The molecular formula is C20H14Cl2S. The Labute approximate surface area is 146 Å². The minimum absolute atomic E-state index is 0.996. The van der Waals surface area contributed by atoms with Gasteiger partial charge in [0, 0.05) is 9.79 Å². The first kappa shape index (κ1) is 14.9. The van der Waals surface area contributed by atoms with E-state index in [4.69, 9.17) is 21.4 Å². The van der Waals surface area contributed by atoms with E-state index < -0.39 is 8.46 Å². The molecule has 4 aromatic rings. The van der Waals surface area contributed by atoms with Crippen LogP contribution in [-0.2, 0) is 0 Å². The Morgan fingerprint density at radius 3 is 1.35 bits per heavy atom. The number of hydrogen-bond acceptors (Lipinski definition) is 0. The van der Waals surface area contributed by atoms with Crippen molar-refractivity contribution in [3.63, 3.8) is 0 Å². The van der Waals surface area contributed by atoms with Gasteiger partial charge in [-0.15, -0.1) is 0 Å². The highest BCUT2D eigenvalue weighted by Crippen LogP contribution is 2.73. The van der Waals surface area contributed by atoms with Crippen molar-refractivity contribution >= 4 is 51.4 Å². The number of hydrogen-bond donors (Lipinski definition) is 0. The SMILES string of the molecule is ClS(Cl)(c1cccc2ccccc12)c1cccc2ccccc12. The normalized spacial score (nSPS) is 12.6. The molecule has 0 aromatic heterocycles. The van der Waals surface area contributed by atoms with E-state index in [0.717, 1.165) is 31.3 Å². The quantitative estimate of drug-likeness (QED) is 0.348. The molecule has 0 aliphatic rings. The van der Waals surface area contributed by atoms with Gasteiger partial charge in [-0.3, -0.25) is 0 Å². The summed E-state index contributed by atoms with van der Waals surface area (Å²) in [7, 11) is 11.8. The Hall–Kier alpha value is -1.67. The molecule has 0 unspecified atom stereocenters. The van der Waals surface area contributed by atoms with Crippen LogP contribution in [0.3, 0.4) is 0 Å². The Morgan fingerprint density at radius 2 is 0.870 bits per heavy atom. The van der Waals surface area contributed by atoms with Crippen molar-refractivity contribution in [1.29, 1.82) is 0 Å². The van der Waals surface area contributed by atoms with Crippen LogP contribution in [0.1, 0.15) is 0 Å². The summed E-state index contributed by atoms with van der Waals surface area (Å²) in [5.41, 5.74) is 0. The molecule has 0 amide bonds. The van der Waals surface area contributed by atoms with E-state index in [-0.39, 0.29) is 0 Å². The summed E-state index contributed by atoms with van der Waals surface area (Å²) in [5, 5.41) is 4.54. The maximum Gasteiger partial charge on any atom is 0.0291 e. The molecule has 0 N–H and O–H groups in total. The lowest BCUT2D eigenvalue weighted by atomic mass is 10.1. The van der Waals surface area contributed by atoms with Crippen LogP contribution in [0.2, 0.25) is 0 Å². The predicted molar refractivity (Wildman–Crippen MR) is 104 cm³/mol. The average Bonchev–Trinajstić information content (AvgIpc) is 2.60. The van der Waals surface area contributed by atoms with Gasteiger partial charge in [0.05, 0.1) is 0 Å². The average molecular weight is 357 g/mol. The standard InChI is InChI=1S/C20H14Cl2S/c21-23(22,19-13-5-9-15-7-1-3-11-17(15)19)20-14-6-10-16-8-2-4-12-18(16)20/h1-14H. The lowest BCUT2D eigenvalue weighted by molar-refractivity contribution is 1.48. The first-order valence-corrected chi connectivity index (χ1v) is 10.6. The topological polar surface area (TPSA) is 0 Å². The third-order valence-corrected chi connectivity index (χ3v) is 7.86. The van der Waals surface area contributed by atoms with Crippen molar-refractivity contribution in [2.45, 2.75) is 9.79 Å². The summed E-state index contributed by atoms with van der Waals surface area (Å²) < 4.78 is 0. The van der Waals surface area contributed by atoms with Crippen LogP contribution in [0.15, 0.2) is 94.7 Å². The Bertz CT molecular complexity index is 916. The van der Waals surface area contributed by atoms with Crippen molar-refractivity contribution in [2.75, 3.05) is 0 Å². The Balaban J connectivity index is 2.02. The van der Waals surface area contributed by atoms with Crippen LogP contribution in [-0.4, -0.2) is 0 Å². The van der Waals surface area contributed by atoms with E-state index in [1.165, 1.54) is 0 Å². The number of fused-ring (bicyclic) bond motifs is 2. The van der Waals surface area contributed by atoms with Crippen molar-refractivity contribution in [3.05, 3.63) is 84.9 Å². The fourth-order valence-corrected chi connectivity index (χ4v) is 6.23. The maximum absolute atomic E-state index is 6.99. The largest absolute Gasteiger partial charge is 0.0616 e. The van der Waals surface area contributed by atoms with Gasteiger partial charge in [-0.1, -0.05) is 72.8 Å². The van der Waals surface area contributed by atoms with Crippen molar-refractivity contribution in [3.8, 4) is 0 Å². The second-order valence-electron chi connectivity index (χ2n) is 5.42. The van der Waals surface area contributed by atoms with Crippen LogP contribution in [0.5, 0.6) is 0 Å². The van der Waals surface area contributed by atoms with Gasteiger partial charge in [-0.25, -0.2) is 0 Å². The molecule has 0 nitrogen and oxygen atoms in total. The van der Waals surface area contributed by atoms with Crippen LogP contribution in [0.25, 0.3) is 21.5 Å². The molecule has 0 spiro atoms. The molecule has 3 heteroatoms. The fraction of sp³-hybridized carbons (Fsp3) is 0. The highest BCUT2D eigenvalue weighted by atomic mass is 36.0. The van der Waals surface area contributed by atoms with Gasteiger partial charge in [-0.2, -0.15) is 0 Å². The molecule has 0 aliphatic heterocycles. The summed E-state index contributed by atoms with van der Waals surface area (Å²) in [4.78, 5) is 1.99. The highest BCUT2D eigenvalue weighted by Gasteiger charge is 2.27. The van der Waals surface area contributed by atoms with E-state index in [2.05, 4.69) is 36.4 Å². The fourth-order valence-electron chi connectivity index (χ4n) is 2.96. The van der Waals surface area contributed by atoms with Gasteiger partial charge in [0.2, 0.25) is 0 Å². The summed E-state index contributed by atoms with van der Waals surface area (Å²) in [5.74, 6) is 0. The van der Waals surface area contributed by atoms with Gasteiger partial charge >= 0.3 is 0 Å². The van der Waals surface area contributed by atoms with E-state index in [9.17, 15) is 0 Å². The molecular weight excluding hydrogens is 343 g/mol. The zero-order valence-electron chi connectivity index (χ0n) is 12.2. The molecule has 0 fully saturated rings. The third kappa shape index (κ3) is 2.49. The minimum atomic E-state index is -2.15. The summed E-state index contributed by atoms with van der Waals surface area (Å²) in [6.45, 7) is 0. The molecule has 0 aliphatic carbocycles. The van der Waals surface area contributed by atoms with Gasteiger partial charge in [0.1, 0.15) is 0 Å². The number of rotatable bonds is 2. The second kappa shape index (κ2) is 5.76. The summed E-state index contributed by atoms with van der Waals surface area (Å²) in [6.07, 6.45) is 0. The lowest BCUT2D eigenvalue weighted by Crippen LogP contribution is -1.91. The van der Waals surface area contributed by atoms with Crippen LogP contribution in [0.4, 0.5) is 0 Å². The van der Waals surface area contributed by atoms with Gasteiger partial charge in [-0.05, 0) is 63.5 Å². The maximum atomic E-state index is 6.99. The van der Waals surface area contributed by atoms with Crippen molar-refractivity contribution in [1.82, 2.24) is 0 Å². The van der Waals surface area contributed by atoms with E-state index in [0.29, 0.717) is 0 Å². The van der Waals surface area contributed by atoms with E-state index in [1.807, 2.05) is 48.5 Å². The zero-order chi connectivity index (χ0) is 15.9. The molecule has 0 atom stereocenters. The van der Waals surface area contributed by atoms with Gasteiger partial charge < -0.3 is 0 Å². The molecule has 0 radical (unpaired) electrons. The van der Waals surface area contributed by atoms with Gasteiger partial charge in [0.15, 0.2) is 0 Å². The molecule has 114 valence electrons. The predicted octanol–water partition coefficient (Wildman–Crippen LogP) is 7.52. The number of halogens is 2. The monoisotopic (exact) mass is 356 g/mol. The van der Waals surface area contributed by atoms with Crippen LogP contribution < -0.4 is 0 Å². The second-order valence-corrected chi connectivity index (χ2v) is 10.5. The molecule has 4 rings (SSSR count). The molecule has 0 heterocycles. The highest BCUT2D eigenvalue weighted by molar-refractivity contribution is 8.66. The summed E-state index contributed by atoms with van der Waals surface area (Å²) in [6, 6.07) is 28.8. The molecule has 0 saturated carbocycles. The van der Waals surface area contributed by atoms with Crippen molar-refractivity contribution in [2.24, 2.45) is 0 Å². The first-order chi connectivity index (χ1) is 11.2. The van der Waals surface area contributed by atoms with Crippen LogP contribution >= 0.6 is 29.8 Å².